The van der Waals surface area contributed by atoms with Crippen LogP contribution >= 0.6 is 11.6 Å². The standard InChI is InChI=1S/C17H17ClFNO5S/c1-11(9-20-26(23,24)14-5-3-13(18)4-6-14)12-2-7-16(15(19)8-12)25-10-17(21)22/h2-8,11,20H,9-10H2,1H3,(H,21,22). The average Bonchev–Trinajstić information content (AvgIpc) is 2.59. The number of halogens is 2. The van der Waals surface area contributed by atoms with E-state index in [9.17, 15) is 17.6 Å². The number of aliphatic carboxylic acids is 1. The Morgan fingerprint density at radius 1 is 1.27 bits per heavy atom. The quantitative estimate of drug-likeness (QED) is 0.709. The molecule has 0 aromatic heterocycles. The molecule has 26 heavy (non-hydrogen) atoms. The van der Waals surface area contributed by atoms with Crippen molar-refractivity contribution in [2.45, 2.75) is 17.7 Å². The van der Waals surface area contributed by atoms with Crippen LogP contribution in [-0.2, 0) is 14.8 Å². The summed E-state index contributed by atoms with van der Waals surface area (Å²) in [4.78, 5) is 10.5. The Labute approximate surface area is 155 Å². The molecule has 0 radical (unpaired) electrons. The summed E-state index contributed by atoms with van der Waals surface area (Å²) >= 11 is 5.74. The van der Waals surface area contributed by atoms with Gasteiger partial charge in [0.2, 0.25) is 10.0 Å². The van der Waals surface area contributed by atoms with E-state index >= 15 is 0 Å². The SMILES string of the molecule is CC(CNS(=O)(=O)c1ccc(Cl)cc1)c1ccc(OCC(=O)O)c(F)c1. The zero-order valence-electron chi connectivity index (χ0n) is 13.8. The highest BCUT2D eigenvalue weighted by molar-refractivity contribution is 7.89. The minimum Gasteiger partial charge on any atom is -0.479 e. The second-order valence-corrected chi connectivity index (χ2v) is 7.78. The molecular formula is C17H17ClFNO5S. The molecule has 0 fully saturated rings. The van der Waals surface area contributed by atoms with E-state index in [1.165, 1.54) is 36.4 Å². The molecule has 0 aliphatic rings. The number of carboxylic acid groups (broad SMARTS) is 1. The highest BCUT2D eigenvalue weighted by atomic mass is 35.5. The number of sulfonamides is 1. The van der Waals surface area contributed by atoms with Gasteiger partial charge in [-0.05, 0) is 47.9 Å². The second kappa shape index (κ2) is 8.48. The average molecular weight is 402 g/mol. The zero-order chi connectivity index (χ0) is 19.3. The maximum atomic E-state index is 14.0. The van der Waals surface area contributed by atoms with Gasteiger partial charge in [-0.3, -0.25) is 0 Å². The summed E-state index contributed by atoms with van der Waals surface area (Å²) in [5, 5.41) is 8.97. The fourth-order valence-electron chi connectivity index (χ4n) is 2.13. The molecule has 6 nitrogen and oxygen atoms in total. The number of nitrogens with one attached hydrogen (secondary N) is 1. The number of hydrogen-bond acceptors (Lipinski definition) is 4. The second-order valence-electron chi connectivity index (χ2n) is 5.58. The van der Waals surface area contributed by atoms with Crippen molar-refractivity contribution in [1.29, 1.82) is 0 Å². The van der Waals surface area contributed by atoms with Crippen molar-refractivity contribution < 1.29 is 27.4 Å². The van der Waals surface area contributed by atoms with E-state index in [0.29, 0.717) is 10.6 Å². The smallest absolute Gasteiger partial charge is 0.341 e. The topological polar surface area (TPSA) is 92.7 Å². The Bertz CT molecular complexity index is 887. The first-order valence-electron chi connectivity index (χ1n) is 7.58. The fraction of sp³-hybridized carbons (Fsp3) is 0.235. The molecule has 0 aliphatic carbocycles. The summed E-state index contributed by atoms with van der Waals surface area (Å²) in [6.45, 7) is 1.14. The summed E-state index contributed by atoms with van der Waals surface area (Å²) < 4.78 is 45.7. The number of carbonyl (C=O) groups is 1. The summed E-state index contributed by atoms with van der Waals surface area (Å²) in [6, 6.07) is 9.81. The van der Waals surface area contributed by atoms with Gasteiger partial charge in [0.1, 0.15) is 0 Å². The monoisotopic (exact) mass is 401 g/mol. The lowest BCUT2D eigenvalue weighted by Crippen LogP contribution is -2.27. The predicted molar refractivity (Wildman–Crippen MR) is 94.6 cm³/mol. The van der Waals surface area contributed by atoms with Gasteiger partial charge in [-0.15, -0.1) is 0 Å². The van der Waals surface area contributed by atoms with Crippen LogP contribution < -0.4 is 9.46 Å². The lowest BCUT2D eigenvalue weighted by Gasteiger charge is -2.15. The van der Waals surface area contributed by atoms with Gasteiger partial charge in [0.25, 0.3) is 0 Å². The molecular weight excluding hydrogens is 385 g/mol. The molecule has 0 heterocycles. The third-order valence-electron chi connectivity index (χ3n) is 3.58. The fourth-order valence-corrected chi connectivity index (χ4v) is 3.39. The van der Waals surface area contributed by atoms with Gasteiger partial charge >= 0.3 is 5.97 Å². The third-order valence-corrected chi connectivity index (χ3v) is 5.27. The number of hydrogen-bond donors (Lipinski definition) is 2. The van der Waals surface area contributed by atoms with Gasteiger partial charge < -0.3 is 9.84 Å². The van der Waals surface area contributed by atoms with Gasteiger partial charge in [-0.2, -0.15) is 0 Å². The Balaban J connectivity index is 2.03. The Kier molecular flexibility index (Phi) is 6.57. The van der Waals surface area contributed by atoms with E-state index in [1.807, 2.05) is 0 Å². The van der Waals surface area contributed by atoms with Crippen LogP contribution in [0.4, 0.5) is 4.39 Å². The van der Waals surface area contributed by atoms with Crippen LogP contribution in [0.15, 0.2) is 47.4 Å². The number of ether oxygens (including phenoxy) is 1. The van der Waals surface area contributed by atoms with Crippen molar-refractivity contribution in [1.82, 2.24) is 4.72 Å². The van der Waals surface area contributed by atoms with Crippen molar-refractivity contribution in [3.63, 3.8) is 0 Å². The van der Waals surface area contributed by atoms with Crippen LogP contribution in [0.3, 0.4) is 0 Å². The summed E-state index contributed by atoms with van der Waals surface area (Å²) in [5.41, 5.74) is 0.545. The van der Waals surface area contributed by atoms with Crippen molar-refractivity contribution in [2.24, 2.45) is 0 Å². The molecule has 140 valence electrons. The Morgan fingerprint density at radius 2 is 1.92 bits per heavy atom. The maximum absolute atomic E-state index is 14.0. The highest BCUT2D eigenvalue weighted by Crippen LogP contribution is 2.23. The normalized spacial score (nSPS) is 12.6. The van der Waals surface area contributed by atoms with E-state index in [4.69, 9.17) is 21.4 Å². The molecule has 0 saturated carbocycles. The molecule has 2 aromatic rings. The van der Waals surface area contributed by atoms with Crippen molar-refractivity contribution >= 4 is 27.6 Å². The van der Waals surface area contributed by atoms with Crippen LogP contribution in [0.5, 0.6) is 5.75 Å². The molecule has 0 bridgehead atoms. The predicted octanol–water partition coefficient (Wildman–Crippen LogP) is 3.02. The number of carboxylic acids is 1. The van der Waals surface area contributed by atoms with Crippen LogP contribution in [0.2, 0.25) is 5.02 Å². The molecule has 2 N–H and O–H groups in total. The van der Waals surface area contributed by atoms with Gasteiger partial charge in [-0.25, -0.2) is 22.3 Å². The maximum Gasteiger partial charge on any atom is 0.341 e. The molecule has 0 amide bonds. The van der Waals surface area contributed by atoms with Gasteiger partial charge in [0.05, 0.1) is 4.90 Å². The first-order valence-corrected chi connectivity index (χ1v) is 9.44. The molecule has 9 heteroatoms. The minimum atomic E-state index is -3.71. The first-order chi connectivity index (χ1) is 12.2. The van der Waals surface area contributed by atoms with Gasteiger partial charge in [0, 0.05) is 11.6 Å². The minimum absolute atomic E-state index is 0.0553. The van der Waals surface area contributed by atoms with E-state index < -0.39 is 28.4 Å². The molecule has 1 atom stereocenters. The third kappa shape index (κ3) is 5.42. The summed E-state index contributed by atoms with van der Waals surface area (Å²) in [5.74, 6) is -2.42. The van der Waals surface area contributed by atoms with Crippen molar-refractivity contribution in [2.75, 3.05) is 13.2 Å². The number of benzene rings is 2. The van der Waals surface area contributed by atoms with Crippen LogP contribution in [0.1, 0.15) is 18.4 Å². The molecule has 1 unspecified atom stereocenters. The van der Waals surface area contributed by atoms with E-state index in [2.05, 4.69) is 4.72 Å². The van der Waals surface area contributed by atoms with Gasteiger partial charge in [0.15, 0.2) is 18.2 Å². The molecule has 0 saturated heterocycles. The molecule has 2 aromatic carbocycles. The Morgan fingerprint density at radius 3 is 2.50 bits per heavy atom. The van der Waals surface area contributed by atoms with Gasteiger partial charge in [-0.1, -0.05) is 24.6 Å². The van der Waals surface area contributed by atoms with E-state index in [-0.39, 0.29) is 23.1 Å². The van der Waals surface area contributed by atoms with E-state index in [1.54, 1.807) is 13.0 Å². The first kappa shape index (κ1) is 20.2. The lowest BCUT2D eigenvalue weighted by atomic mass is 10.0. The van der Waals surface area contributed by atoms with Crippen LogP contribution in [0, 0.1) is 5.82 Å². The summed E-state index contributed by atoms with van der Waals surface area (Å²) in [6.07, 6.45) is 0. The molecule has 0 spiro atoms. The van der Waals surface area contributed by atoms with E-state index in [0.717, 1.165) is 0 Å². The van der Waals surface area contributed by atoms with Crippen molar-refractivity contribution in [3.8, 4) is 5.75 Å². The highest BCUT2D eigenvalue weighted by Gasteiger charge is 2.17. The molecule has 2 rings (SSSR count). The molecule has 0 aliphatic heterocycles. The lowest BCUT2D eigenvalue weighted by molar-refractivity contribution is -0.139. The summed E-state index contributed by atoms with van der Waals surface area (Å²) in [7, 11) is -3.71. The number of rotatable bonds is 8. The van der Waals surface area contributed by atoms with Crippen molar-refractivity contribution in [3.05, 3.63) is 58.9 Å². The Hall–Kier alpha value is -2.16. The van der Waals surface area contributed by atoms with Crippen LogP contribution in [-0.4, -0.2) is 32.6 Å². The zero-order valence-corrected chi connectivity index (χ0v) is 15.3. The largest absolute Gasteiger partial charge is 0.479 e. The van der Waals surface area contributed by atoms with Crippen LogP contribution in [0.25, 0.3) is 0 Å².